The molecule has 0 unspecified atom stereocenters. The maximum Gasteiger partial charge on any atom is 0.314 e. The lowest BCUT2D eigenvalue weighted by atomic mass is 10.2. The SMILES string of the molecule is C=C(CCNC(=O)NC)C(=O)[O-]. The van der Waals surface area contributed by atoms with E-state index in [4.69, 9.17) is 0 Å². The van der Waals surface area contributed by atoms with E-state index in [9.17, 15) is 14.7 Å². The summed E-state index contributed by atoms with van der Waals surface area (Å²) in [4.78, 5) is 20.7. The van der Waals surface area contributed by atoms with Gasteiger partial charge in [-0.2, -0.15) is 0 Å². The van der Waals surface area contributed by atoms with Gasteiger partial charge in [-0.05, 0) is 12.0 Å². The summed E-state index contributed by atoms with van der Waals surface area (Å²) in [6, 6.07) is -0.346. The van der Waals surface area contributed by atoms with Gasteiger partial charge in [0.1, 0.15) is 0 Å². The molecular formula is C7H11N2O3-. The molecule has 0 aliphatic heterocycles. The molecule has 0 heterocycles. The van der Waals surface area contributed by atoms with Crippen molar-refractivity contribution in [2.75, 3.05) is 13.6 Å². The molecule has 2 amide bonds. The predicted octanol–water partition coefficient (Wildman–Crippen LogP) is -1.39. The lowest BCUT2D eigenvalue weighted by molar-refractivity contribution is -0.299. The number of carboxylic acid groups (broad SMARTS) is 1. The van der Waals surface area contributed by atoms with Crippen LogP contribution in [0.5, 0.6) is 0 Å². The minimum absolute atomic E-state index is 0.0218. The van der Waals surface area contributed by atoms with Gasteiger partial charge in [-0.1, -0.05) is 6.58 Å². The molecule has 0 atom stereocenters. The van der Waals surface area contributed by atoms with Gasteiger partial charge >= 0.3 is 6.03 Å². The normalized spacial score (nSPS) is 8.75. The molecule has 0 aromatic heterocycles. The van der Waals surface area contributed by atoms with Crippen LogP contribution < -0.4 is 15.7 Å². The standard InChI is InChI=1S/C7H12N2O3/c1-5(6(10)11)3-4-9-7(12)8-2/h1,3-4H2,2H3,(H,10,11)(H2,8,9,12)/p-1. The van der Waals surface area contributed by atoms with Crippen LogP contribution in [0.1, 0.15) is 6.42 Å². The van der Waals surface area contributed by atoms with Crippen molar-refractivity contribution in [3.8, 4) is 0 Å². The molecule has 0 aromatic carbocycles. The maximum atomic E-state index is 10.5. The van der Waals surface area contributed by atoms with Crippen molar-refractivity contribution in [1.29, 1.82) is 0 Å². The van der Waals surface area contributed by atoms with Crippen molar-refractivity contribution < 1.29 is 14.7 Å². The predicted molar refractivity (Wildman–Crippen MR) is 41.2 cm³/mol. The van der Waals surface area contributed by atoms with Crippen LogP contribution in [0.4, 0.5) is 4.79 Å². The summed E-state index contributed by atoms with van der Waals surface area (Å²) in [6.07, 6.45) is 0.190. The maximum absolute atomic E-state index is 10.5. The van der Waals surface area contributed by atoms with Crippen molar-refractivity contribution in [3.05, 3.63) is 12.2 Å². The molecular weight excluding hydrogens is 160 g/mol. The number of carbonyl (C=O) groups excluding carboxylic acids is 2. The Morgan fingerprint density at radius 3 is 2.50 bits per heavy atom. The quantitative estimate of drug-likeness (QED) is 0.511. The fourth-order valence-electron chi connectivity index (χ4n) is 0.517. The number of rotatable bonds is 4. The molecule has 68 valence electrons. The number of amides is 2. The Bertz CT molecular complexity index is 201. The molecule has 0 rings (SSSR count). The molecule has 0 aliphatic rings. The van der Waals surface area contributed by atoms with Gasteiger partial charge < -0.3 is 20.5 Å². The Kier molecular flexibility index (Phi) is 4.52. The van der Waals surface area contributed by atoms with Gasteiger partial charge in [0.15, 0.2) is 0 Å². The van der Waals surface area contributed by atoms with E-state index in [-0.39, 0.29) is 24.6 Å². The van der Waals surface area contributed by atoms with E-state index < -0.39 is 5.97 Å². The van der Waals surface area contributed by atoms with Gasteiger partial charge in [0.2, 0.25) is 0 Å². The number of hydrogen-bond acceptors (Lipinski definition) is 3. The zero-order chi connectivity index (χ0) is 9.56. The molecule has 0 fully saturated rings. The van der Waals surface area contributed by atoms with E-state index in [1.54, 1.807) is 0 Å². The Hall–Kier alpha value is -1.52. The van der Waals surface area contributed by atoms with Crippen molar-refractivity contribution in [3.63, 3.8) is 0 Å². The second-order valence-electron chi connectivity index (χ2n) is 2.15. The second-order valence-corrected chi connectivity index (χ2v) is 2.15. The van der Waals surface area contributed by atoms with Crippen LogP contribution in [0.3, 0.4) is 0 Å². The second kappa shape index (κ2) is 5.17. The van der Waals surface area contributed by atoms with E-state index >= 15 is 0 Å². The topological polar surface area (TPSA) is 81.3 Å². The van der Waals surface area contributed by atoms with E-state index in [1.807, 2.05) is 0 Å². The third kappa shape index (κ3) is 4.32. The van der Waals surface area contributed by atoms with E-state index in [2.05, 4.69) is 17.2 Å². The molecule has 0 bridgehead atoms. The first kappa shape index (κ1) is 10.5. The monoisotopic (exact) mass is 171 g/mol. The highest BCUT2D eigenvalue weighted by Gasteiger charge is 1.97. The highest BCUT2D eigenvalue weighted by atomic mass is 16.4. The van der Waals surface area contributed by atoms with Gasteiger partial charge in [0.25, 0.3) is 0 Å². The van der Waals surface area contributed by atoms with Gasteiger partial charge in [-0.15, -0.1) is 0 Å². The van der Waals surface area contributed by atoms with Crippen molar-refractivity contribution in [2.24, 2.45) is 0 Å². The average Bonchev–Trinajstić information content (AvgIpc) is 2.03. The summed E-state index contributed by atoms with van der Waals surface area (Å²) in [5, 5.41) is 14.8. The highest BCUT2D eigenvalue weighted by molar-refractivity contribution is 5.83. The summed E-state index contributed by atoms with van der Waals surface area (Å²) in [7, 11) is 1.48. The summed E-state index contributed by atoms with van der Waals surface area (Å²) >= 11 is 0. The summed E-state index contributed by atoms with van der Waals surface area (Å²) < 4.78 is 0. The molecule has 5 nitrogen and oxygen atoms in total. The zero-order valence-corrected chi connectivity index (χ0v) is 6.85. The Morgan fingerprint density at radius 1 is 1.50 bits per heavy atom. The number of aliphatic carboxylic acids is 1. The summed E-state index contributed by atoms with van der Waals surface area (Å²) in [6.45, 7) is 3.49. The molecule has 0 spiro atoms. The van der Waals surface area contributed by atoms with Crippen LogP contribution >= 0.6 is 0 Å². The molecule has 5 heteroatoms. The average molecular weight is 171 g/mol. The number of nitrogens with one attached hydrogen (secondary N) is 2. The fourth-order valence-corrected chi connectivity index (χ4v) is 0.517. The first-order chi connectivity index (χ1) is 5.57. The number of urea groups is 1. The van der Waals surface area contributed by atoms with E-state index in [0.717, 1.165) is 0 Å². The molecule has 0 radical (unpaired) electrons. The minimum atomic E-state index is -1.28. The smallest absolute Gasteiger partial charge is 0.314 e. The largest absolute Gasteiger partial charge is 0.545 e. The van der Waals surface area contributed by atoms with Crippen molar-refractivity contribution in [1.82, 2.24) is 10.6 Å². The highest BCUT2D eigenvalue weighted by Crippen LogP contribution is 1.92. The molecule has 0 aromatic rings. The van der Waals surface area contributed by atoms with Gasteiger partial charge in [-0.25, -0.2) is 4.79 Å². The van der Waals surface area contributed by atoms with Crippen molar-refractivity contribution >= 4 is 12.0 Å². The molecule has 0 aliphatic carbocycles. The van der Waals surface area contributed by atoms with Crippen LogP contribution in [0.15, 0.2) is 12.2 Å². The Morgan fingerprint density at radius 2 is 2.08 bits per heavy atom. The van der Waals surface area contributed by atoms with Crippen LogP contribution in [-0.4, -0.2) is 25.6 Å². The van der Waals surface area contributed by atoms with E-state index in [0.29, 0.717) is 0 Å². The zero-order valence-electron chi connectivity index (χ0n) is 6.85. The summed E-state index contributed by atoms with van der Waals surface area (Å²) in [5.74, 6) is -1.28. The first-order valence-corrected chi connectivity index (χ1v) is 3.42. The third-order valence-corrected chi connectivity index (χ3v) is 1.23. The van der Waals surface area contributed by atoms with Gasteiger partial charge in [-0.3, -0.25) is 0 Å². The number of carbonyl (C=O) groups is 2. The summed E-state index contributed by atoms with van der Waals surface area (Å²) in [5.41, 5.74) is -0.0218. The Labute approximate surface area is 70.5 Å². The number of carboxylic acids is 1. The van der Waals surface area contributed by atoms with Crippen LogP contribution in [0.25, 0.3) is 0 Å². The van der Waals surface area contributed by atoms with Gasteiger partial charge in [0.05, 0.1) is 5.97 Å². The van der Waals surface area contributed by atoms with Crippen LogP contribution in [0.2, 0.25) is 0 Å². The molecule has 2 N–H and O–H groups in total. The van der Waals surface area contributed by atoms with Crippen LogP contribution in [-0.2, 0) is 4.79 Å². The first-order valence-electron chi connectivity index (χ1n) is 3.42. The van der Waals surface area contributed by atoms with Crippen LogP contribution in [0, 0.1) is 0 Å². The Balaban J connectivity index is 3.50. The lowest BCUT2D eigenvalue weighted by Crippen LogP contribution is -2.34. The van der Waals surface area contributed by atoms with Crippen molar-refractivity contribution in [2.45, 2.75) is 6.42 Å². The fraction of sp³-hybridized carbons (Fsp3) is 0.429. The van der Waals surface area contributed by atoms with Gasteiger partial charge in [0, 0.05) is 13.6 Å². The number of hydrogen-bond donors (Lipinski definition) is 2. The van der Waals surface area contributed by atoms with E-state index in [1.165, 1.54) is 7.05 Å². The minimum Gasteiger partial charge on any atom is -0.545 e. The molecule has 12 heavy (non-hydrogen) atoms. The molecule has 0 saturated heterocycles. The lowest BCUT2D eigenvalue weighted by Gasteiger charge is -2.06. The molecule has 0 saturated carbocycles. The third-order valence-electron chi connectivity index (χ3n) is 1.23.